The number of benzene rings is 1. The summed E-state index contributed by atoms with van der Waals surface area (Å²) in [5.41, 5.74) is 2.58. The Hall–Kier alpha value is -2.96. The quantitative estimate of drug-likeness (QED) is 0.682. The van der Waals surface area contributed by atoms with Gasteiger partial charge in [-0.05, 0) is 50.1 Å². The molecule has 7 heteroatoms. The molecule has 0 unspecified atom stereocenters. The first kappa shape index (κ1) is 19.8. The van der Waals surface area contributed by atoms with Crippen molar-refractivity contribution in [3.63, 3.8) is 0 Å². The first-order valence-corrected chi connectivity index (χ1v) is 9.81. The van der Waals surface area contributed by atoms with Crippen molar-refractivity contribution in [2.75, 3.05) is 10.6 Å². The highest BCUT2D eigenvalue weighted by Crippen LogP contribution is 2.19. The highest BCUT2D eigenvalue weighted by Gasteiger charge is 2.17. The van der Waals surface area contributed by atoms with Gasteiger partial charge < -0.3 is 16.0 Å². The Balaban J connectivity index is 1.68. The summed E-state index contributed by atoms with van der Waals surface area (Å²) in [7, 11) is 0. The lowest BCUT2D eigenvalue weighted by Gasteiger charge is -2.16. The van der Waals surface area contributed by atoms with E-state index in [4.69, 9.17) is 0 Å². The van der Waals surface area contributed by atoms with Gasteiger partial charge in [-0.2, -0.15) is 0 Å². The van der Waals surface area contributed by atoms with Crippen LogP contribution in [-0.4, -0.2) is 27.8 Å². The lowest BCUT2D eigenvalue weighted by atomic mass is 10.1. The number of carbonyl (C=O) groups excluding carboxylic acids is 2. The SMILES string of the molecule is CC(=O)Nc1ccc(Nc2nc(C)cc(C(=O)NC3CCCCCC3)n2)cc1. The summed E-state index contributed by atoms with van der Waals surface area (Å²) in [6, 6.07) is 9.16. The number of aromatic nitrogens is 2. The fraction of sp³-hybridized carbons (Fsp3) is 0.429. The van der Waals surface area contributed by atoms with Crippen LogP contribution in [0.25, 0.3) is 0 Å². The van der Waals surface area contributed by atoms with Crippen molar-refractivity contribution < 1.29 is 9.59 Å². The molecular weight excluding hydrogens is 354 g/mol. The lowest BCUT2D eigenvalue weighted by Crippen LogP contribution is -2.35. The molecule has 1 heterocycles. The number of rotatable bonds is 5. The minimum atomic E-state index is -0.151. The fourth-order valence-corrected chi connectivity index (χ4v) is 3.39. The van der Waals surface area contributed by atoms with Gasteiger partial charge >= 0.3 is 0 Å². The van der Waals surface area contributed by atoms with Crippen LogP contribution in [-0.2, 0) is 4.79 Å². The smallest absolute Gasteiger partial charge is 0.270 e. The molecule has 3 rings (SSSR count). The summed E-state index contributed by atoms with van der Waals surface area (Å²) < 4.78 is 0. The number of hydrogen-bond acceptors (Lipinski definition) is 5. The van der Waals surface area contributed by atoms with E-state index in [1.165, 1.54) is 19.8 Å². The molecule has 0 spiro atoms. The Labute approximate surface area is 165 Å². The normalized spacial score (nSPS) is 14.8. The van der Waals surface area contributed by atoms with Crippen molar-refractivity contribution in [2.24, 2.45) is 0 Å². The van der Waals surface area contributed by atoms with E-state index in [2.05, 4.69) is 25.9 Å². The Morgan fingerprint density at radius 2 is 1.61 bits per heavy atom. The minimum Gasteiger partial charge on any atom is -0.348 e. The third kappa shape index (κ3) is 5.77. The molecule has 7 nitrogen and oxygen atoms in total. The maximum Gasteiger partial charge on any atom is 0.270 e. The number of amides is 2. The van der Waals surface area contributed by atoms with Gasteiger partial charge in [0, 0.05) is 30.0 Å². The second-order valence-corrected chi connectivity index (χ2v) is 7.26. The van der Waals surface area contributed by atoms with E-state index >= 15 is 0 Å². The van der Waals surface area contributed by atoms with Crippen LogP contribution in [0.15, 0.2) is 30.3 Å². The van der Waals surface area contributed by atoms with Gasteiger partial charge in [-0.1, -0.05) is 25.7 Å². The molecule has 1 aromatic carbocycles. The van der Waals surface area contributed by atoms with Gasteiger partial charge in [-0.25, -0.2) is 9.97 Å². The van der Waals surface area contributed by atoms with E-state index in [9.17, 15) is 9.59 Å². The van der Waals surface area contributed by atoms with E-state index in [1.807, 2.05) is 19.1 Å². The maximum atomic E-state index is 12.7. The van der Waals surface area contributed by atoms with Crippen molar-refractivity contribution in [3.8, 4) is 0 Å². The Morgan fingerprint density at radius 1 is 0.964 bits per heavy atom. The molecule has 3 N–H and O–H groups in total. The van der Waals surface area contributed by atoms with Crippen LogP contribution in [0.1, 0.15) is 61.6 Å². The number of carbonyl (C=O) groups is 2. The molecule has 0 atom stereocenters. The zero-order valence-electron chi connectivity index (χ0n) is 16.4. The molecule has 2 amide bonds. The minimum absolute atomic E-state index is 0.118. The summed E-state index contributed by atoms with van der Waals surface area (Å²) in [6.45, 7) is 3.31. The van der Waals surface area contributed by atoms with Gasteiger partial charge in [-0.15, -0.1) is 0 Å². The maximum absolute atomic E-state index is 12.7. The molecule has 28 heavy (non-hydrogen) atoms. The predicted molar refractivity (Wildman–Crippen MR) is 110 cm³/mol. The van der Waals surface area contributed by atoms with Crippen molar-refractivity contribution in [1.29, 1.82) is 0 Å². The molecule has 1 aliphatic carbocycles. The van der Waals surface area contributed by atoms with E-state index < -0.39 is 0 Å². The molecule has 0 aliphatic heterocycles. The Bertz CT molecular complexity index is 827. The summed E-state index contributed by atoms with van der Waals surface area (Å²) in [4.78, 5) is 32.5. The number of anilines is 3. The average molecular weight is 381 g/mol. The van der Waals surface area contributed by atoms with Gasteiger partial charge in [0.1, 0.15) is 5.69 Å². The van der Waals surface area contributed by atoms with Crippen LogP contribution in [0.5, 0.6) is 0 Å². The van der Waals surface area contributed by atoms with Crippen LogP contribution in [0.3, 0.4) is 0 Å². The summed E-state index contributed by atoms with van der Waals surface area (Å²) in [5, 5.41) is 8.96. The van der Waals surface area contributed by atoms with Crippen LogP contribution >= 0.6 is 0 Å². The first-order valence-electron chi connectivity index (χ1n) is 9.81. The van der Waals surface area contributed by atoms with Gasteiger partial charge in [0.25, 0.3) is 5.91 Å². The van der Waals surface area contributed by atoms with Gasteiger partial charge in [0.2, 0.25) is 11.9 Å². The molecular formula is C21H27N5O2. The number of nitrogens with one attached hydrogen (secondary N) is 3. The molecule has 0 bridgehead atoms. The molecule has 1 saturated carbocycles. The first-order chi connectivity index (χ1) is 13.5. The van der Waals surface area contributed by atoms with E-state index in [1.54, 1.807) is 18.2 Å². The van der Waals surface area contributed by atoms with Gasteiger partial charge in [-0.3, -0.25) is 9.59 Å². The van der Waals surface area contributed by atoms with E-state index in [0.717, 1.165) is 37.1 Å². The van der Waals surface area contributed by atoms with Crippen molar-refractivity contribution >= 4 is 29.1 Å². The molecule has 1 aliphatic rings. The summed E-state index contributed by atoms with van der Waals surface area (Å²) in [6.07, 6.45) is 6.87. The van der Waals surface area contributed by atoms with E-state index in [0.29, 0.717) is 17.3 Å². The monoisotopic (exact) mass is 381 g/mol. The van der Waals surface area contributed by atoms with Crippen molar-refractivity contribution in [3.05, 3.63) is 41.7 Å². The molecule has 0 saturated heterocycles. The Morgan fingerprint density at radius 3 is 2.25 bits per heavy atom. The fourth-order valence-electron chi connectivity index (χ4n) is 3.39. The molecule has 0 radical (unpaired) electrons. The highest BCUT2D eigenvalue weighted by molar-refractivity contribution is 5.93. The average Bonchev–Trinajstić information content (AvgIpc) is 2.91. The number of hydrogen-bond donors (Lipinski definition) is 3. The summed E-state index contributed by atoms with van der Waals surface area (Å²) in [5.74, 6) is 0.104. The largest absolute Gasteiger partial charge is 0.348 e. The molecule has 1 fully saturated rings. The topological polar surface area (TPSA) is 96.0 Å². The summed E-state index contributed by atoms with van der Waals surface area (Å²) >= 11 is 0. The van der Waals surface area contributed by atoms with Crippen LogP contribution in [0.4, 0.5) is 17.3 Å². The van der Waals surface area contributed by atoms with Gasteiger partial charge in [0.05, 0.1) is 0 Å². The van der Waals surface area contributed by atoms with Crippen LogP contribution in [0.2, 0.25) is 0 Å². The second-order valence-electron chi connectivity index (χ2n) is 7.26. The molecule has 148 valence electrons. The number of nitrogens with zero attached hydrogens (tertiary/aromatic N) is 2. The van der Waals surface area contributed by atoms with Crippen LogP contribution in [0, 0.1) is 6.92 Å². The lowest BCUT2D eigenvalue weighted by molar-refractivity contribution is -0.114. The second kappa shape index (κ2) is 9.30. The highest BCUT2D eigenvalue weighted by atomic mass is 16.2. The number of aryl methyl sites for hydroxylation is 1. The zero-order chi connectivity index (χ0) is 19.9. The standard InChI is InChI=1S/C21H27N5O2/c1-14-13-19(20(28)24-16-7-5-3-4-6-8-16)26-21(22-14)25-18-11-9-17(10-12-18)23-15(2)27/h9-13,16H,3-8H2,1-2H3,(H,23,27)(H,24,28)(H,22,25,26). The van der Waals surface area contributed by atoms with Crippen molar-refractivity contribution in [1.82, 2.24) is 15.3 Å². The Kier molecular flexibility index (Phi) is 6.57. The third-order valence-corrected chi connectivity index (χ3v) is 4.74. The predicted octanol–water partition coefficient (Wildman–Crippen LogP) is 3.94. The molecule has 2 aromatic rings. The molecule has 1 aromatic heterocycles. The van der Waals surface area contributed by atoms with Crippen molar-refractivity contribution in [2.45, 2.75) is 58.4 Å². The van der Waals surface area contributed by atoms with Crippen LogP contribution < -0.4 is 16.0 Å². The third-order valence-electron chi connectivity index (χ3n) is 4.74. The van der Waals surface area contributed by atoms with E-state index in [-0.39, 0.29) is 17.9 Å². The zero-order valence-corrected chi connectivity index (χ0v) is 16.4. The van der Waals surface area contributed by atoms with Gasteiger partial charge in [0.15, 0.2) is 0 Å².